The highest BCUT2D eigenvalue weighted by Crippen LogP contribution is 2.23. The summed E-state index contributed by atoms with van der Waals surface area (Å²) in [7, 11) is 0. The number of aromatic nitrogens is 2. The summed E-state index contributed by atoms with van der Waals surface area (Å²) >= 11 is 5.89. The van der Waals surface area contributed by atoms with Crippen LogP contribution in [0.5, 0.6) is 0 Å². The van der Waals surface area contributed by atoms with E-state index in [4.69, 9.17) is 16.3 Å². The molecule has 0 amide bonds. The number of nitrogens with one attached hydrogen (secondary N) is 1. The average molecular weight is 256 g/mol. The fourth-order valence-corrected chi connectivity index (χ4v) is 2.46. The van der Waals surface area contributed by atoms with Gasteiger partial charge in [0.1, 0.15) is 16.8 Å². The molecule has 2 heterocycles. The van der Waals surface area contributed by atoms with E-state index in [1.165, 1.54) is 0 Å². The molecule has 1 aliphatic rings. The lowest BCUT2D eigenvalue weighted by molar-refractivity contribution is 0.0900. The van der Waals surface area contributed by atoms with Crippen LogP contribution in [0.2, 0.25) is 5.15 Å². The molecule has 0 aromatic carbocycles. The zero-order chi connectivity index (χ0) is 12.3. The van der Waals surface area contributed by atoms with Crippen LogP contribution in [0, 0.1) is 12.8 Å². The topological polar surface area (TPSA) is 47.0 Å². The predicted molar refractivity (Wildman–Crippen MR) is 68.4 cm³/mol. The monoisotopic (exact) mass is 255 g/mol. The van der Waals surface area contributed by atoms with E-state index in [1.54, 1.807) is 6.07 Å². The third-order valence-corrected chi connectivity index (χ3v) is 3.29. The molecule has 94 valence electrons. The molecule has 2 rings (SSSR count). The van der Waals surface area contributed by atoms with Crippen molar-refractivity contribution < 1.29 is 4.74 Å². The molecule has 5 heteroatoms. The molecule has 1 aromatic heterocycles. The van der Waals surface area contributed by atoms with Crippen molar-refractivity contribution in [1.82, 2.24) is 9.97 Å². The molecule has 0 bridgehead atoms. The van der Waals surface area contributed by atoms with Gasteiger partial charge < -0.3 is 10.1 Å². The average Bonchev–Trinajstić information content (AvgIpc) is 2.72. The summed E-state index contributed by atoms with van der Waals surface area (Å²) < 4.78 is 5.65. The number of rotatable bonds is 4. The van der Waals surface area contributed by atoms with Gasteiger partial charge in [-0.05, 0) is 19.8 Å². The summed E-state index contributed by atoms with van der Waals surface area (Å²) in [5.74, 6) is 2.05. The van der Waals surface area contributed by atoms with Gasteiger partial charge in [-0.15, -0.1) is 0 Å². The Morgan fingerprint density at radius 2 is 2.35 bits per heavy atom. The zero-order valence-corrected chi connectivity index (χ0v) is 11.0. The molecule has 17 heavy (non-hydrogen) atoms. The first-order valence-electron chi connectivity index (χ1n) is 6.05. The minimum Gasteiger partial charge on any atom is -0.378 e. The minimum absolute atomic E-state index is 0.376. The van der Waals surface area contributed by atoms with Crippen LogP contribution in [0.15, 0.2) is 6.07 Å². The maximum absolute atomic E-state index is 5.89. The van der Waals surface area contributed by atoms with Crippen LogP contribution in [-0.2, 0) is 4.74 Å². The second kappa shape index (κ2) is 5.65. The van der Waals surface area contributed by atoms with Gasteiger partial charge in [0.05, 0.1) is 6.10 Å². The predicted octanol–water partition coefficient (Wildman–Crippen LogP) is 2.67. The number of nitrogens with zero attached hydrogens (tertiary/aromatic N) is 2. The Hall–Kier alpha value is -0.870. The van der Waals surface area contributed by atoms with Crippen LogP contribution in [0.25, 0.3) is 0 Å². The van der Waals surface area contributed by atoms with E-state index >= 15 is 0 Å². The van der Waals surface area contributed by atoms with Crippen molar-refractivity contribution in [1.29, 1.82) is 0 Å². The smallest absolute Gasteiger partial charge is 0.134 e. The van der Waals surface area contributed by atoms with Crippen LogP contribution < -0.4 is 5.32 Å². The Balaban J connectivity index is 1.93. The van der Waals surface area contributed by atoms with Crippen molar-refractivity contribution in [3.05, 3.63) is 17.0 Å². The summed E-state index contributed by atoms with van der Waals surface area (Å²) in [5.41, 5.74) is 0. The molecule has 0 saturated carbocycles. The summed E-state index contributed by atoms with van der Waals surface area (Å²) in [6, 6.07) is 1.76. The molecule has 2 atom stereocenters. The summed E-state index contributed by atoms with van der Waals surface area (Å²) in [4.78, 5) is 8.33. The van der Waals surface area contributed by atoms with Gasteiger partial charge in [0.25, 0.3) is 0 Å². The van der Waals surface area contributed by atoms with Gasteiger partial charge in [-0.2, -0.15) is 0 Å². The van der Waals surface area contributed by atoms with Crippen molar-refractivity contribution in [2.24, 2.45) is 5.92 Å². The molecule has 0 spiro atoms. The highest BCUT2D eigenvalue weighted by molar-refractivity contribution is 6.29. The maximum atomic E-state index is 5.89. The zero-order valence-electron chi connectivity index (χ0n) is 10.2. The van der Waals surface area contributed by atoms with Crippen LogP contribution in [0.3, 0.4) is 0 Å². The van der Waals surface area contributed by atoms with Gasteiger partial charge in [0.2, 0.25) is 0 Å². The fourth-order valence-electron chi connectivity index (χ4n) is 2.23. The van der Waals surface area contributed by atoms with Crippen molar-refractivity contribution in [3.63, 3.8) is 0 Å². The molecule has 2 unspecified atom stereocenters. The largest absolute Gasteiger partial charge is 0.378 e. The van der Waals surface area contributed by atoms with Crippen molar-refractivity contribution in [2.45, 2.75) is 32.8 Å². The number of ether oxygens (including phenoxy) is 1. The maximum Gasteiger partial charge on any atom is 0.134 e. The van der Waals surface area contributed by atoms with Crippen molar-refractivity contribution in [2.75, 3.05) is 18.5 Å². The van der Waals surface area contributed by atoms with Crippen molar-refractivity contribution in [3.8, 4) is 0 Å². The van der Waals surface area contributed by atoms with E-state index in [2.05, 4.69) is 22.2 Å². The standard InChI is InChI=1S/C12H18ClN3O/c1-3-10-9(4-5-17-10)7-14-12-6-11(13)15-8(2)16-12/h6,9-10H,3-5,7H2,1-2H3,(H,14,15,16). The number of hydrogen-bond acceptors (Lipinski definition) is 4. The van der Waals surface area contributed by atoms with E-state index in [1.807, 2.05) is 6.92 Å². The lowest BCUT2D eigenvalue weighted by Gasteiger charge is -2.17. The lowest BCUT2D eigenvalue weighted by atomic mass is 10.00. The van der Waals surface area contributed by atoms with Crippen LogP contribution in [0.4, 0.5) is 5.82 Å². The lowest BCUT2D eigenvalue weighted by Crippen LogP contribution is -2.23. The highest BCUT2D eigenvalue weighted by Gasteiger charge is 2.26. The Bertz CT molecular complexity index is 366. The first kappa shape index (κ1) is 12.6. The van der Waals surface area contributed by atoms with Gasteiger partial charge in [-0.3, -0.25) is 0 Å². The first-order valence-corrected chi connectivity index (χ1v) is 6.43. The minimum atomic E-state index is 0.376. The van der Waals surface area contributed by atoms with Crippen LogP contribution in [0.1, 0.15) is 25.6 Å². The SMILES string of the molecule is CCC1OCCC1CNc1cc(Cl)nc(C)n1. The Morgan fingerprint density at radius 1 is 1.53 bits per heavy atom. The first-order chi connectivity index (χ1) is 8.19. The molecule has 1 aromatic rings. The van der Waals surface area contributed by atoms with E-state index < -0.39 is 0 Å². The molecule has 1 aliphatic heterocycles. The molecule has 1 N–H and O–H groups in total. The van der Waals surface area contributed by atoms with Crippen LogP contribution >= 0.6 is 11.6 Å². The van der Waals surface area contributed by atoms with Crippen molar-refractivity contribution >= 4 is 17.4 Å². The summed E-state index contributed by atoms with van der Waals surface area (Å²) in [6.45, 7) is 5.75. The van der Waals surface area contributed by atoms with E-state index in [-0.39, 0.29) is 0 Å². The molecular formula is C12H18ClN3O. The molecule has 1 fully saturated rings. The van der Waals surface area contributed by atoms with Gasteiger partial charge in [0, 0.05) is 25.1 Å². The van der Waals surface area contributed by atoms with Gasteiger partial charge in [0.15, 0.2) is 0 Å². The van der Waals surface area contributed by atoms with E-state index in [0.717, 1.165) is 31.8 Å². The molecule has 1 saturated heterocycles. The molecule has 0 radical (unpaired) electrons. The van der Waals surface area contributed by atoms with Gasteiger partial charge in [-0.1, -0.05) is 18.5 Å². The summed E-state index contributed by atoms with van der Waals surface area (Å²) in [5, 5.41) is 3.80. The Morgan fingerprint density at radius 3 is 3.06 bits per heavy atom. The number of aryl methyl sites for hydroxylation is 1. The Labute approximate surface area is 107 Å². The quantitative estimate of drug-likeness (QED) is 0.841. The third kappa shape index (κ3) is 3.30. The van der Waals surface area contributed by atoms with Gasteiger partial charge >= 0.3 is 0 Å². The summed E-state index contributed by atoms with van der Waals surface area (Å²) in [6.07, 6.45) is 2.56. The third-order valence-electron chi connectivity index (χ3n) is 3.10. The second-order valence-corrected chi connectivity index (χ2v) is 4.76. The highest BCUT2D eigenvalue weighted by atomic mass is 35.5. The second-order valence-electron chi connectivity index (χ2n) is 4.37. The molecular weight excluding hydrogens is 238 g/mol. The number of anilines is 1. The molecule has 0 aliphatic carbocycles. The fraction of sp³-hybridized carbons (Fsp3) is 0.667. The van der Waals surface area contributed by atoms with E-state index in [0.29, 0.717) is 23.0 Å². The van der Waals surface area contributed by atoms with Crippen LogP contribution in [-0.4, -0.2) is 29.2 Å². The normalized spacial score (nSPS) is 23.9. The van der Waals surface area contributed by atoms with Gasteiger partial charge in [-0.25, -0.2) is 9.97 Å². The Kier molecular flexibility index (Phi) is 4.18. The molecule has 4 nitrogen and oxygen atoms in total. The number of halogens is 1. The van der Waals surface area contributed by atoms with E-state index in [9.17, 15) is 0 Å². The number of hydrogen-bond donors (Lipinski definition) is 1.